The first kappa shape index (κ1) is 13.4. The quantitative estimate of drug-likeness (QED) is 0.686. The summed E-state index contributed by atoms with van der Waals surface area (Å²) in [6.45, 7) is 0.695. The molecule has 0 heterocycles. The zero-order valence-corrected chi connectivity index (χ0v) is 10.9. The summed E-state index contributed by atoms with van der Waals surface area (Å²) in [5.41, 5.74) is -0.0793. The number of methoxy groups -OCH3 is 1. The van der Waals surface area contributed by atoms with Crippen molar-refractivity contribution in [3.8, 4) is 0 Å². The largest absolute Gasteiger partial charge is 0.383 e. The molecule has 16 heavy (non-hydrogen) atoms. The van der Waals surface area contributed by atoms with E-state index in [1.165, 1.54) is 13.2 Å². The van der Waals surface area contributed by atoms with E-state index in [1.54, 1.807) is 0 Å². The molecule has 0 fully saturated rings. The van der Waals surface area contributed by atoms with E-state index in [2.05, 4.69) is 21.2 Å². The number of nitrogens with one attached hydrogen (secondary N) is 1. The lowest BCUT2D eigenvalue weighted by Crippen LogP contribution is -2.27. The van der Waals surface area contributed by atoms with Crippen molar-refractivity contribution in [3.63, 3.8) is 0 Å². The maximum Gasteiger partial charge on any atom is 0.254 e. The number of benzene rings is 1. The first-order valence-electron chi connectivity index (χ1n) is 4.48. The molecular formula is C10H10BrClFNO2. The standard InChI is InChI=1S/C10H10BrClFNO2/c1-16-3-2-14-10(15)6-4-8(12)7(11)5-9(6)13/h4-5H,2-3H2,1H3,(H,14,15). The highest BCUT2D eigenvalue weighted by Crippen LogP contribution is 2.25. The van der Waals surface area contributed by atoms with Crippen molar-refractivity contribution in [2.45, 2.75) is 0 Å². The number of carbonyl (C=O) groups excluding carboxylic acids is 1. The number of rotatable bonds is 4. The highest BCUT2D eigenvalue weighted by molar-refractivity contribution is 9.10. The Morgan fingerprint density at radius 1 is 1.62 bits per heavy atom. The maximum atomic E-state index is 13.4. The van der Waals surface area contributed by atoms with Crippen molar-refractivity contribution >= 4 is 33.4 Å². The molecule has 0 saturated carbocycles. The summed E-state index contributed by atoms with van der Waals surface area (Å²) in [7, 11) is 1.52. The van der Waals surface area contributed by atoms with Crippen LogP contribution in [0.2, 0.25) is 5.02 Å². The summed E-state index contributed by atoms with van der Waals surface area (Å²) >= 11 is 8.84. The van der Waals surface area contributed by atoms with E-state index in [1.807, 2.05) is 0 Å². The highest BCUT2D eigenvalue weighted by atomic mass is 79.9. The van der Waals surface area contributed by atoms with E-state index in [-0.39, 0.29) is 5.56 Å². The molecule has 1 N–H and O–H groups in total. The van der Waals surface area contributed by atoms with Crippen LogP contribution in [-0.2, 0) is 4.74 Å². The third-order valence-corrected chi connectivity index (χ3v) is 3.04. The summed E-state index contributed by atoms with van der Waals surface area (Å²) in [5.74, 6) is -1.13. The maximum absolute atomic E-state index is 13.4. The topological polar surface area (TPSA) is 38.3 Å². The van der Waals surface area contributed by atoms with Gasteiger partial charge >= 0.3 is 0 Å². The summed E-state index contributed by atoms with van der Waals surface area (Å²) in [6.07, 6.45) is 0. The molecule has 1 rings (SSSR count). The zero-order chi connectivity index (χ0) is 12.1. The van der Waals surface area contributed by atoms with E-state index in [0.29, 0.717) is 22.6 Å². The van der Waals surface area contributed by atoms with Crippen LogP contribution in [0.4, 0.5) is 4.39 Å². The van der Waals surface area contributed by atoms with Crippen LogP contribution in [0, 0.1) is 5.82 Å². The van der Waals surface area contributed by atoms with Gasteiger partial charge in [0.2, 0.25) is 0 Å². The number of amides is 1. The first-order chi connectivity index (χ1) is 7.56. The summed E-state index contributed by atoms with van der Waals surface area (Å²) < 4.78 is 18.6. The van der Waals surface area contributed by atoms with Gasteiger partial charge in [0.25, 0.3) is 5.91 Å². The van der Waals surface area contributed by atoms with E-state index >= 15 is 0 Å². The zero-order valence-electron chi connectivity index (χ0n) is 8.52. The van der Waals surface area contributed by atoms with Crippen molar-refractivity contribution in [1.29, 1.82) is 0 Å². The fraction of sp³-hybridized carbons (Fsp3) is 0.300. The molecular weight excluding hydrogens is 300 g/mol. The predicted molar refractivity (Wildman–Crippen MR) is 63.3 cm³/mol. The number of ether oxygens (including phenoxy) is 1. The Morgan fingerprint density at radius 2 is 2.31 bits per heavy atom. The second-order valence-electron chi connectivity index (χ2n) is 2.99. The lowest BCUT2D eigenvalue weighted by molar-refractivity contribution is 0.0933. The second-order valence-corrected chi connectivity index (χ2v) is 4.26. The molecule has 0 saturated heterocycles. The van der Waals surface area contributed by atoms with Crippen LogP contribution in [0.5, 0.6) is 0 Å². The molecule has 1 amide bonds. The minimum atomic E-state index is -0.619. The third kappa shape index (κ3) is 3.43. The molecule has 0 atom stereocenters. The Morgan fingerprint density at radius 3 is 2.94 bits per heavy atom. The van der Waals surface area contributed by atoms with Crippen LogP contribution in [0.1, 0.15) is 10.4 Å². The van der Waals surface area contributed by atoms with Gasteiger partial charge in [0.05, 0.1) is 17.2 Å². The van der Waals surface area contributed by atoms with Crippen LogP contribution in [0.25, 0.3) is 0 Å². The molecule has 1 aromatic carbocycles. The molecule has 0 radical (unpaired) electrons. The van der Waals surface area contributed by atoms with E-state index in [0.717, 1.165) is 6.07 Å². The minimum Gasteiger partial charge on any atom is -0.383 e. The van der Waals surface area contributed by atoms with Crippen LogP contribution in [-0.4, -0.2) is 26.2 Å². The molecule has 1 aromatic rings. The van der Waals surface area contributed by atoms with Gasteiger partial charge in [-0.3, -0.25) is 4.79 Å². The Balaban J connectivity index is 2.79. The van der Waals surface area contributed by atoms with Gasteiger partial charge < -0.3 is 10.1 Å². The molecule has 0 spiro atoms. The highest BCUT2D eigenvalue weighted by Gasteiger charge is 2.13. The second kappa shape index (κ2) is 6.18. The average molecular weight is 311 g/mol. The van der Waals surface area contributed by atoms with Gasteiger partial charge in [-0.1, -0.05) is 11.6 Å². The summed E-state index contributed by atoms with van der Waals surface area (Å²) in [5, 5.41) is 2.80. The summed E-state index contributed by atoms with van der Waals surface area (Å²) in [4.78, 5) is 11.5. The predicted octanol–water partition coefficient (Wildman–Crippen LogP) is 2.62. The van der Waals surface area contributed by atoms with Gasteiger partial charge in [0.1, 0.15) is 5.82 Å². The monoisotopic (exact) mass is 309 g/mol. The Hall–Kier alpha value is -0.650. The molecule has 0 aromatic heterocycles. The number of hydrogen-bond acceptors (Lipinski definition) is 2. The Kier molecular flexibility index (Phi) is 5.18. The van der Waals surface area contributed by atoms with Gasteiger partial charge in [-0.2, -0.15) is 0 Å². The van der Waals surface area contributed by atoms with Crippen LogP contribution in [0.3, 0.4) is 0 Å². The summed E-state index contributed by atoms with van der Waals surface area (Å²) in [6, 6.07) is 2.44. The Labute approximate surface area is 106 Å². The van der Waals surface area contributed by atoms with Crippen LogP contribution >= 0.6 is 27.5 Å². The van der Waals surface area contributed by atoms with E-state index in [4.69, 9.17) is 16.3 Å². The molecule has 0 unspecified atom stereocenters. The molecule has 0 aliphatic carbocycles. The van der Waals surface area contributed by atoms with Crippen LogP contribution in [0.15, 0.2) is 16.6 Å². The number of carbonyl (C=O) groups is 1. The average Bonchev–Trinajstić information content (AvgIpc) is 2.23. The lowest BCUT2D eigenvalue weighted by Gasteiger charge is -2.06. The van der Waals surface area contributed by atoms with E-state index in [9.17, 15) is 9.18 Å². The first-order valence-corrected chi connectivity index (χ1v) is 5.65. The normalized spacial score (nSPS) is 10.2. The molecule has 3 nitrogen and oxygen atoms in total. The lowest BCUT2D eigenvalue weighted by atomic mass is 10.2. The fourth-order valence-corrected chi connectivity index (χ4v) is 1.54. The smallest absolute Gasteiger partial charge is 0.254 e. The third-order valence-electron chi connectivity index (χ3n) is 1.85. The van der Waals surface area contributed by atoms with Crippen molar-refractivity contribution in [1.82, 2.24) is 5.32 Å². The SMILES string of the molecule is COCCNC(=O)c1cc(Cl)c(Br)cc1F. The number of halogens is 3. The van der Waals surface area contributed by atoms with Crippen molar-refractivity contribution in [2.75, 3.05) is 20.3 Å². The minimum absolute atomic E-state index is 0.0793. The molecule has 0 aliphatic rings. The van der Waals surface area contributed by atoms with Crippen molar-refractivity contribution in [3.05, 3.63) is 33.0 Å². The fourth-order valence-electron chi connectivity index (χ4n) is 1.06. The van der Waals surface area contributed by atoms with E-state index < -0.39 is 11.7 Å². The van der Waals surface area contributed by atoms with Gasteiger partial charge in [0.15, 0.2) is 0 Å². The molecule has 6 heteroatoms. The van der Waals surface area contributed by atoms with Crippen molar-refractivity contribution < 1.29 is 13.9 Å². The van der Waals surface area contributed by atoms with Gasteiger partial charge in [0, 0.05) is 18.1 Å². The van der Waals surface area contributed by atoms with Crippen LogP contribution < -0.4 is 5.32 Å². The van der Waals surface area contributed by atoms with Gasteiger partial charge in [-0.25, -0.2) is 4.39 Å². The molecule has 88 valence electrons. The molecule has 0 aliphatic heterocycles. The van der Waals surface area contributed by atoms with Gasteiger partial charge in [-0.05, 0) is 28.1 Å². The number of hydrogen-bond donors (Lipinski definition) is 1. The Bertz CT molecular complexity index is 401. The molecule has 0 bridgehead atoms. The van der Waals surface area contributed by atoms with Crippen molar-refractivity contribution in [2.24, 2.45) is 0 Å². The van der Waals surface area contributed by atoms with Gasteiger partial charge in [-0.15, -0.1) is 0 Å².